The van der Waals surface area contributed by atoms with Gasteiger partial charge in [-0.2, -0.15) is 0 Å². The molecule has 1 aliphatic carbocycles. The number of ether oxygens (including phenoxy) is 1. The zero-order chi connectivity index (χ0) is 15.4. The van der Waals surface area contributed by atoms with Gasteiger partial charge in [0.05, 0.1) is 10.4 Å². The van der Waals surface area contributed by atoms with Crippen LogP contribution in [0.15, 0.2) is 27.1 Å². The second-order valence-electron chi connectivity index (χ2n) is 4.98. The van der Waals surface area contributed by atoms with Crippen molar-refractivity contribution in [1.29, 1.82) is 0 Å². The van der Waals surface area contributed by atoms with Gasteiger partial charge in [0.1, 0.15) is 5.75 Å². The molecular formula is C14H15Br2NO4. The molecule has 21 heavy (non-hydrogen) atoms. The normalized spacial score (nSPS) is 21.0. The number of halogens is 2. The average molecular weight is 421 g/mol. The third kappa shape index (κ3) is 4.71. The number of benzene rings is 1. The molecule has 2 atom stereocenters. The number of carbonyl (C=O) groups excluding carboxylic acids is 1. The van der Waals surface area contributed by atoms with E-state index in [1.807, 2.05) is 12.1 Å². The third-order valence-electron chi connectivity index (χ3n) is 3.40. The lowest BCUT2D eigenvalue weighted by atomic mass is 10.1. The SMILES string of the molecule is O=C(COc1ccc(Br)cc1Br)NC1CCC(C(=O)O)C1. The van der Waals surface area contributed by atoms with E-state index >= 15 is 0 Å². The first-order valence-corrected chi connectivity index (χ1v) is 8.14. The minimum Gasteiger partial charge on any atom is -0.483 e. The number of amides is 1. The summed E-state index contributed by atoms with van der Waals surface area (Å²) in [4.78, 5) is 22.7. The summed E-state index contributed by atoms with van der Waals surface area (Å²) in [6.07, 6.45) is 1.80. The highest BCUT2D eigenvalue weighted by Crippen LogP contribution is 2.28. The summed E-state index contributed by atoms with van der Waals surface area (Å²) >= 11 is 6.70. The molecule has 0 bridgehead atoms. The van der Waals surface area contributed by atoms with E-state index in [2.05, 4.69) is 37.2 Å². The Kier molecular flexibility index (Phi) is 5.64. The quantitative estimate of drug-likeness (QED) is 0.767. The van der Waals surface area contributed by atoms with E-state index in [4.69, 9.17) is 9.84 Å². The molecular weight excluding hydrogens is 406 g/mol. The molecule has 114 valence electrons. The number of carboxylic acid groups (broad SMARTS) is 1. The van der Waals surface area contributed by atoms with E-state index in [-0.39, 0.29) is 24.5 Å². The van der Waals surface area contributed by atoms with Gasteiger partial charge in [-0.05, 0) is 53.4 Å². The highest BCUT2D eigenvalue weighted by molar-refractivity contribution is 9.11. The first-order chi connectivity index (χ1) is 9.95. The molecule has 0 aromatic heterocycles. The van der Waals surface area contributed by atoms with Crippen molar-refractivity contribution in [1.82, 2.24) is 5.32 Å². The zero-order valence-corrected chi connectivity index (χ0v) is 14.3. The maximum atomic E-state index is 11.8. The number of aliphatic carboxylic acids is 1. The predicted molar refractivity (Wildman–Crippen MR) is 84.2 cm³/mol. The highest BCUT2D eigenvalue weighted by Gasteiger charge is 2.30. The van der Waals surface area contributed by atoms with Crippen LogP contribution in [0.2, 0.25) is 0 Å². The minimum atomic E-state index is -0.790. The van der Waals surface area contributed by atoms with Gasteiger partial charge in [0.15, 0.2) is 6.61 Å². The lowest BCUT2D eigenvalue weighted by Crippen LogP contribution is -2.36. The van der Waals surface area contributed by atoms with Gasteiger partial charge in [0.25, 0.3) is 5.91 Å². The van der Waals surface area contributed by atoms with Crippen molar-refractivity contribution >= 4 is 43.7 Å². The fraction of sp³-hybridized carbons (Fsp3) is 0.429. The maximum absolute atomic E-state index is 11.8. The second-order valence-corrected chi connectivity index (χ2v) is 6.75. The molecule has 1 aromatic carbocycles. The van der Waals surface area contributed by atoms with Gasteiger partial charge in [-0.25, -0.2) is 0 Å². The molecule has 1 amide bonds. The fourth-order valence-electron chi connectivity index (χ4n) is 2.34. The lowest BCUT2D eigenvalue weighted by molar-refractivity contribution is -0.141. The Hall–Kier alpha value is -1.08. The largest absolute Gasteiger partial charge is 0.483 e. The molecule has 0 saturated heterocycles. The summed E-state index contributed by atoms with van der Waals surface area (Å²) in [6.45, 7) is -0.0888. The van der Waals surface area contributed by atoms with Crippen LogP contribution in [-0.4, -0.2) is 29.6 Å². The molecule has 1 aromatic rings. The van der Waals surface area contributed by atoms with Crippen LogP contribution >= 0.6 is 31.9 Å². The van der Waals surface area contributed by atoms with E-state index in [9.17, 15) is 9.59 Å². The van der Waals surface area contributed by atoms with Gasteiger partial charge in [0.2, 0.25) is 0 Å². The number of hydrogen-bond acceptors (Lipinski definition) is 3. The molecule has 2 N–H and O–H groups in total. The number of rotatable bonds is 5. The van der Waals surface area contributed by atoms with Crippen LogP contribution in [0.1, 0.15) is 19.3 Å². The van der Waals surface area contributed by atoms with E-state index < -0.39 is 5.97 Å². The predicted octanol–water partition coefficient (Wildman–Crippen LogP) is 2.96. The molecule has 0 spiro atoms. The summed E-state index contributed by atoms with van der Waals surface area (Å²) in [5.41, 5.74) is 0. The summed E-state index contributed by atoms with van der Waals surface area (Å²) in [5, 5.41) is 11.7. The van der Waals surface area contributed by atoms with E-state index in [0.717, 1.165) is 8.95 Å². The molecule has 0 radical (unpaired) electrons. The Bertz CT molecular complexity index is 550. The topological polar surface area (TPSA) is 75.6 Å². The Morgan fingerprint density at radius 2 is 2.10 bits per heavy atom. The summed E-state index contributed by atoms with van der Waals surface area (Å²) in [5.74, 6) is -0.789. The monoisotopic (exact) mass is 419 g/mol. The van der Waals surface area contributed by atoms with Crippen LogP contribution in [0.3, 0.4) is 0 Å². The summed E-state index contributed by atoms with van der Waals surface area (Å²) < 4.78 is 7.12. The summed E-state index contributed by atoms with van der Waals surface area (Å²) in [6, 6.07) is 5.35. The van der Waals surface area contributed by atoms with Crippen LogP contribution < -0.4 is 10.1 Å². The van der Waals surface area contributed by atoms with E-state index in [1.54, 1.807) is 6.07 Å². The number of carboxylic acids is 1. The number of nitrogens with one attached hydrogen (secondary N) is 1. The Balaban J connectivity index is 1.79. The first-order valence-electron chi connectivity index (χ1n) is 6.55. The highest BCUT2D eigenvalue weighted by atomic mass is 79.9. The van der Waals surface area contributed by atoms with Gasteiger partial charge >= 0.3 is 5.97 Å². The molecule has 0 aliphatic heterocycles. The summed E-state index contributed by atoms with van der Waals surface area (Å²) in [7, 11) is 0. The molecule has 1 saturated carbocycles. The van der Waals surface area contributed by atoms with E-state index in [0.29, 0.717) is 25.0 Å². The number of hydrogen-bond donors (Lipinski definition) is 2. The van der Waals surface area contributed by atoms with Gasteiger partial charge in [0, 0.05) is 10.5 Å². The Morgan fingerprint density at radius 3 is 2.71 bits per heavy atom. The molecule has 2 unspecified atom stereocenters. The van der Waals surface area contributed by atoms with Crippen molar-refractivity contribution < 1.29 is 19.4 Å². The lowest BCUT2D eigenvalue weighted by Gasteiger charge is -2.13. The zero-order valence-electron chi connectivity index (χ0n) is 11.1. The van der Waals surface area contributed by atoms with Crippen LogP contribution in [0, 0.1) is 5.92 Å². The Morgan fingerprint density at radius 1 is 1.33 bits per heavy atom. The number of carbonyl (C=O) groups is 2. The van der Waals surface area contributed by atoms with Crippen LogP contribution in [0.25, 0.3) is 0 Å². The van der Waals surface area contributed by atoms with Crippen molar-refractivity contribution in [3.05, 3.63) is 27.1 Å². The van der Waals surface area contributed by atoms with Gasteiger partial charge < -0.3 is 15.2 Å². The second kappa shape index (κ2) is 7.26. The molecule has 5 nitrogen and oxygen atoms in total. The molecule has 0 heterocycles. The minimum absolute atomic E-state index is 0.0736. The standard InChI is InChI=1S/C14H15Br2NO4/c15-9-2-4-12(11(16)6-9)21-7-13(18)17-10-3-1-8(5-10)14(19)20/h2,4,6,8,10H,1,3,5,7H2,(H,17,18)(H,19,20). The van der Waals surface area contributed by atoms with Crippen molar-refractivity contribution in [3.63, 3.8) is 0 Å². The van der Waals surface area contributed by atoms with Gasteiger partial charge in [-0.1, -0.05) is 15.9 Å². The smallest absolute Gasteiger partial charge is 0.306 e. The maximum Gasteiger partial charge on any atom is 0.306 e. The van der Waals surface area contributed by atoms with Crippen molar-refractivity contribution in [2.75, 3.05) is 6.61 Å². The molecule has 7 heteroatoms. The molecule has 2 rings (SSSR count). The Labute approximate surface area is 139 Å². The van der Waals surface area contributed by atoms with Crippen LogP contribution in [-0.2, 0) is 9.59 Å². The van der Waals surface area contributed by atoms with Gasteiger partial charge in [-0.3, -0.25) is 9.59 Å². The van der Waals surface area contributed by atoms with Crippen molar-refractivity contribution in [2.24, 2.45) is 5.92 Å². The fourth-order valence-corrected chi connectivity index (χ4v) is 3.50. The van der Waals surface area contributed by atoms with Crippen LogP contribution in [0.4, 0.5) is 0 Å². The van der Waals surface area contributed by atoms with E-state index in [1.165, 1.54) is 0 Å². The van der Waals surface area contributed by atoms with Crippen molar-refractivity contribution in [3.8, 4) is 5.75 Å². The van der Waals surface area contributed by atoms with Crippen molar-refractivity contribution in [2.45, 2.75) is 25.3 Å². The third-order valence-corrected chi connectivity index (χ3v) is 4.51. The first kappa shape index (κ1) is 16.3. The molecule has 1 fully saturated rings. The van der Waals surface area contributed by atoms with Gasteiger partial charge in [-0.15, -0.1) is 0 Å². The average Bonchev–Trinajstić information content (AvgIpc) is 2.86. The van der Waals surface area contributed by atoms with Crippen LogP contribution in [0.5, 0.6) is 5.75 Å². The molecule has 1 aliphatic rings.